The summed E-state index contributed by atoms with van der Waals surface area (Å²) in [7, 11) is 0. The third-order valence-electron chi connectivity index (χ3n) is 6.39. The third-order valence-corrected chi connectivity index (χ3v) is 7.26. The molecule has 2 aromatic carbocycles. The molecule has 0 unspecified atom stereocenters. The zero-order chi connectivity index (χ0) is 28.5. The first kappa shape index (κ1) is 28.9. The van der Waals surface area contributed by atoms with E-state index in [0.717, 1.165) is 28.3 Å². The van der Waals surface area contributed by atoms with Crippen LogP contribution in [0.4, 0.5) is 13.2 Å². The molecule has 0 radical (unpaired) electrons. The second-order valence-corrected chi connectivity index (χ2v) is 10.4. The Morgan fingerprint density at radius 3 is 2.35 bits per heavy atom. The van der Waals surface area contributed by atoms with Gasteiger partial charge in [-0.25, -0.2) is 0 Å². The van der Waals surface area contributed by atoms with Crippen LogP contribution in [-0.4, -0.2) is 39.3 Å². The zero-order valence-corrected chi connectivity index (χ0v) is 22.7. The molecular weight excluding hydrogens is 535 g/mol. The number of amides is 2. The van der Waals surface area contributed by atoms with Crippen LogP contribution in [-0.2, 0) is 41.8 Å². The van der Waals surface area contributed by atoms with Gasteiger partial charge in [0.1, 0.15) is 6.54 Å². The van der Waals surface area contributed by atoms with Gasteiger partial charge in [-0.2, -0.15) is 13.2 Å². The lowest BCUT2D eigenvalue weighted by atomic mass is 10.1. The van der Waals surface area contributed by atoms with Crippen LogP contribution in [0, 0.1) is 0 Å². The van der Waals surface area contributed by atoms with Crippen molar-refractivity contribution in [3.05, 3.63) is 130 Å². The molecule has 5 nitrogen and oxygen atoms in total. The van der Waals surface area contributed by atoms with Crippen LogP contribution in [0.15, 0.2) is 103 Å². The maximum absolute atomic E-state index is 13.7. The van der Waals surface area contributed by atoms with Gasteiger partial charge in [-0.05, 0) is 46.8 Å². The fraction of sp³-hybridized carbons (Fsp3) is 0.226. The maximum Gasteiger partial charge on any atom is 0.416 e. The second-order valence-electron chi connectivity index (χ2n) is 9.38. The SMILES string of the molecule is C=CCN(CC(=O)N(Cc1ccccc1)Cc1cccn1Cc1cccc(C(F)(F)F)c1)C(=O)Cc1cccs1. The van der Waals surface area contributed by atoms with Gasteiger partial charge < -0.3 is 14.4 Å². The van der Waals surface area contributed by atoms with Gasteiger partial charge in [0.25, 0.3) is 0 Å². The van der Waals surface area contributed by atoms with Crippen molar-refractivity contribution in [3.63, 3.8) is 0 Å². The summed E-state index contributed by atoms with van der Waals surface area (Å²) in [4.78, 5) is 30.8. The Morgan fingerprint density at radius 1 is 0.875 bits per heavy atom. The summed E-state index contributed by atoms with van der Waals surface area (Å²) >= 11 is 1.49. The normalized spacial score (nSPS) is 11.3. The summed E-state index contributed by atoms with van der Waals surface area (Å²) in [5.74, 6) is -0.402. The Kier molecular flexibility index (Phi) is 9.60. The molecule has 2 heterocycles. The number of hydrogen-bond donors (Lipinski definition) is 0. The maximum atomic E-state index is 13.7. The van der Waals surface area contributed by atoms with Crippen LogP contribution in [0.3, 0.4) is 0 Å². The molecule has 4 rings (SSSR count). The molecule has 0 spiro atoms. The molecular formula is C31H30F3N3O2S. The number of carbonyl (C=O) groups is 2. The van der Waals surface area contributed by atoms with E-state index in [0.29, 0.717) is 12.1 Å². The van der Waals surface area contributed by atoms with Crippen molar-refractivity contribution in [2.24, 2.45) is 0 Å². The number of nitrogens with zero attached hydrogens (tertiary/aromatic N) is 3. The molecule has 0 aliphatic heterocycles. The van der Waals surface area contributed by atoms with Crippen LogP contribution >= 0.6 is 11.3 Å². The predicted octanol–water partition coefficient (Wildman–Crippen LogP) is 6.40. The van der Waals surface area contributed by atoms with Crippen LogP contribution in [0.2, 0.25) is 0 Å². The third kappa shape index (κ3) is 7.95. The molecule has 0 N–H and O–H groups in total. The van der Waals surface area contributed by atoms with Gasteiger partial charge in [0.15, 0.2) is 0 Å². The lowest BCUT2D eigenvalue weighted by Crippen LogP contribution is -2.43. The minimum Gasteiger partial charge on any atom is -0.345 e. The van der Waals surface area contributed by atoms with Crippen molar-refractivity contribution < 1.29 is 22.8 Å². The van der Waals surface area contributed by atoms with Crippen molar-refractivity contribution in [1.29, 1.82) is 0 Å². The van der Waals surface area contributed by atoms with Gasteiger partial charge in [-0.15, -0.1) is 17.9 Å². The Labute approximate surface area is 235 Å². The van der Waals surface area contributed by atoms with Gasteiger partial charge in [-0.1, -0.05) is 54.6 Å². The molecule has 0 bridgehead atoms. The Bertz CT molecular complexity index is 1420. The van der Waals surface area contributed by atoms with E-state index in [1.807, 2.05) is 64.5 Å². The lowest BCUT2D eigenvalue weighted by Gasteiger charge is -2.28. The van der Waals surface area contributed by atoms with Crippen LogP contribution in [0.1, 0.15) is 27.3 Å². The van der Waals surface area contributed by atoms with E-state index >= 15 is 0 Å². The van der Waals surface area contributed by atoms with Gasteiger partial charge >= 0.3 is 6.18 Å². The van der Waals surface area contributed by atoms with Crippen molar-refractivity contribution in [3.8, 4) is 0 Å². The van der Waals surface area contributed by atoms with Crippen molar-refractivity contribution in [2.75, 3.05) is 13.1 Å². The highest BCUT2D eigenvalue weighted by Crippen LogP contribution is 2.29. The Morgan fingerprint density at radius 2 is 1.65 bits per heavy atom. The smallest absolute Gasteiger partial charge is 0.345 e. The molecule has 0 atom stereocenters. The van der Waals surface area contributed by atoms with Crippen LogP contribution in [0.5, 0.6) is 0 Å². The largest absolute Gasteiger partial charge is 0.416 e. The highest BCUT2D eigenvalue weighted by molar-refractivity contribution is 7.10. The summed E-state index contributed by atoms with van der Waals surface area (Å²) in [5, 5.41) is 1.90. The number of aromatic nitrogens is 1. The highest BCUT2D eigenvalue weighted by Gasteiger charge is 2.30. The quantitative estimate of drug-likeness (QED) is 0.187. The number of benzene rings is 2. The fourth-order valence-corrected chi connectivity index (χ4v) is 5.07. The van der Waals surface area contributed by atoms with Crippen molar-refractivity contribution >= 4 is 23.2 Å². The summed E-state index contributed by atoms with van der Waals surface area (Å²) < 4.78 is 41.5. The van der Waals surface area contributed by atoms with Crippen LogP contribution in [0.25, 0.3) is 0 Å². The van der Waals surface area contributed by atoms with E-state index in [9.17, 15) is 22.8 Å². The summed E-state index contributed by atoms with van der Waals surface area (Å²) in [6.07, 6.45) is -0.833. The molecule has 208 valence electrons. The first-order valence-corrected chi connectivity index (χ1v) is 13.6. The molecule has 4 aromatic rings. The Balaban J connectivity index is 1.54. The molecule has 0 aliphatic carbocycles. The van der Waals surface area contributed by atoms with Crippen LogP contribution < -0.4 is 0 Å². The first-order chi connectivity index (χ1) is 19.2. The summed E-state index contributed by atoms with van der Waals surface area (Å²) in [5.41, 5.74) is 1.49. The van der Waals surface area contributed by atoms with Gasteiger partial charge in [0.05, 0.1) is 18.5 Å². The standard InChI is InChI=1S/C31H30F3N3O2S/c1-2-15-36(29(38)19-28-14-8-17-40-28)23-30(39)37(20-24-9-4-3-5-10-24)22-27-13-7-16-35(27)21-25-11-6-12-26(18-25)31(32,33)34/h2-14,16-18H,1,15,19-23H2. The zero-order valence-electron chi connectivity index (χ0n) is 21.9. The average molecular weight is 566 g/mol. The lowest BCUT2D eigenvalue weighted by molar-refractivity contribution is -0.140. The van der Waals surface area contributed by atoms with E-state index < -0.39 is 11.7 Å². The molecule has 0 saturated carbocycles. The number of alkyl halides is 3. The number of rotatable bonds is 12. The summed E-state index contributed by atoms with van der Waals surface area (Å²) in [6, 6.07) is 22.2. The fourth-order valence-electron chi connectivity index (χ4n) is 4.37. The topological polar surface area (TPSA) is 45.6 Å². The average Bonchev–Trinajstić information content (AvgIpc) is 3.60. The second kappa shape index (κ2) is 13.3. The molecule has 40 heavy (non-hydrogen) atoms. The molecule has 0 saturated heterocycles. The number of halogens is 3. The number of thiophene rings is 1. The van der Waals surface area contributed by atoms with Gasteiger partial charge in [0, 0.05) is 36.4 Å². The van der Waals surface area contributed by atoms with E-state index in [2.05, 4.69) is 6.58 Å². The number of hydrogen-bond acceptors (Lipinski definition) is 3. The molecule has 0 aliphatic rings. The number of carbonyl (C=O) groups excluding carboxylic acids is 2. The molecule has 0 fully saturated rings. The molecule has 2 amide bonds. The first-order valence-electron chi connectivity index (χ1n) is 12.8. The predicted molar refractivity (Wildman–Crippen MR) is 150 cm³/mol. The van der Waals surface area contributed by atoms with E-state index in [1.165, 1.54) is 22.3 Å². The minimum absolute atomic E-state index is 0.114. The van der Waals surface area contributed by atoms with E-state index in [-0.39, 0.29) is 44.4 Å². The van der Waals surface area contributed by atoms with Gasteiger partial charge in [-0.3, -0.25) is 9.59 Å². The summed E-state index contributed by atoms with van der Waals surface area (Å²) in [6.45, 7) is 4.63. The van der Waals surface area contributed by atoms with E-state index in [1.54, 1.807) is 23.2 Å². The highest BCUT2D eigenvalue weighted by atomic mass is 32.1. The van der Waals surface area contributed by atoms with Crippen molar-refractivity contribution in [2.45, 2.75) is 32.2 Å². The Hall–Kier alpha value is -4.11. The molecule has 9 heteroatoms. The monoisotopic (exact) mass is 565 g/mol. The van der Waals surface area contributed by atoms with Gasteiger partial charge in [0.2, 0.25) is 11.8 Å². The van der Waals surface area contributed by atoms with E-state index in [4.69, 9.17) is 0 Å². The van der Waals surface area contributed by atoms with Crippen molar-refractivity contribution in [1.82, 2.24) is 14.4 Å². The molecule has 2 aromatic heterocycles. The minimum atomic E-state index is -4.42.